The number of non-ortho nitro benzene ring substituents is 1. The van der Waals surface area contributed by atoms with Crippen molar-refractivity contribution >= 4 is 22.2 Å². The van der Waals surface area contributed by atoms with E-state index in [-0.39, 0.29) is 11.7 Å². The molecule has 0 saturated heterocycles. The van der Waals surface area contributed by atoms with Crippen LogP contribution in [0.15, 0.2) is 18.2 Å². The molecule has 0 aliphatic rings. The summed E-state index contributed by atoms with van der Waals surface area (Å²) in [6, 6.07) is 5.06. The summed E-state index contributed by atoms with van der Waals surface area (Å²) in [4.78, 5) is 10.3. The van der Waals surface area contributed by atoms with Crippen LogP contribution in [0, 0.1) is 17.0 Å². The predicted octanol–water partition coefficient (Wildman–Crippen LogP) is 2.47. The van der Waals surface area contributed by atoms with Gasteiger partial charge >= 0.3 is 0 Å². The van der Waals surface area contributed by atoms with E-state index in [1.54, 1.807) is 6.26 Å². The quantitative estimate of drug-likeness (QED) is 0.636. The van der Waals surface area contributed by atoms with Crippen LogP contribution in [0.5, 0.6) is 0 Å². The van der Waals surface area contributed by atoms with E-state index in [0.29, 0.717) is 5.75 Å². The Morgan fingerprint density at radius 1 is 1.44 bits per heavy atom. The Bertz CT molecular complexity index is 463. The molecule has 0 saturated carbocycles. The molecule has 6 heteroatoms. The highest BCUT2D eigenvalue weighted by Crippen LogP contribution is 2.21. The van der Waals surface area contributed by atoms with Gasteiger partial charge in [-0.3, -0.25) is 14.3 Å². The monoisotopic (exact) mass is 270 g/mol. The van der Waals surface area contributed by atoms with Crippen LogP contribution < -0.4 is 5.32 Å². The number of nitro groups is 1. The van der Waals surface area contributed by atoms with E-state index in [1.165, 1.54) is 12.1 Å². The van der Waals surface area contributed by atoms with Crippen LogP contribution in [0.2, 0.25) is 0 Å². The molecule has 0 fully saturated rings. The maximum absolute atomic E-state index is 11.0. The molecule has 5 nitrogen and oxygen atoms in total. The third kappa shape index (κ3) is 4.83. The topological polar surface area (TPSA) is 72.2 Å². The first-order valence-corrected chi connectivity index (χ1v) is 7.44. The van der Waals surface area contributed by atoms with Crippen molar-refractivity contribution in [1.29, 1.82) is 0 Å². The van der Waals surface area contributed by atoms with Crippen LogP contribution in [0.1, 0.15) is 18.9 Å². The van der Waals surface area contributed by atoms with Crippen LogP contribution in [-0.2, 0) is 10.8 Å². The van der Waals surface area contributed by atoms with Gasteiger partial charge in [-0.15, -0.1) is 0 Å². The molecule has 0 bridgehead atoms. The number of nitro benzene ring substituents is 1. The van der Waals surface area contributed by atoms with E-state index in [4.69, 9.17) is 0 Å². The molecule has 0 aromatic heterocycles. The molecule has 1 N–H and O–H groups in total. The van der Waals surface area contributed by atoms with Gasteiger partial charge in [0.1, 0.15) is 0 Å². The second-order valence-corrected chi connectivity index (χ2v) is 5.98. The van der Waals surface area contributed by atoms with E-state index in [0.717, 1.165) is 17.7 Å². The lowest BCUT2D eigenvalue weighted by molar-refractivity contribution is -0.384. The van der Waals surface area contributed by atoms with Crippen molar-refractivity contribution in [3.63, 3.8) is 0 Å². The molecule has 0 radical (unpaired) electrons. The first-order valence-electron chi connectivity index (χ1n) is 5.71. The van der Waals surface area contributed by atoms with E-state index in [9.17, 15) is 14.3 Å². The Hall–Kier alpha value is -1.43. The third-order valence-corrected chi connectivity index (χ3v) is 3.33. The molecule has 1 rings (SSSR count). The third-order valence-electron chi connectivity index (χ3n) is 2.52. The average molecular weight is 270 g/mol. The number of hydrogen-bond acceptors (Lipinski definition) is 4. The Balaban J connectivity index is 2.72. The van der Waals surface area contributed by atoms with Gasteiger partial charge in [0.25, 0.3) is 5.69 Å². The zero-order valence-electron chi connectivity index (χ0n) is 10.8. The number of rotatable bonds is 6. The first kappa shape index (κ1) is 14.6. The van der Waals surface area contributed by atoms with Crippen LogP contribution >= 0.6 is 0 Å². The molecule has 0 amide bonds. The van der Waals surface area contributed by atoms with E-state index >= 15 is 0 Å². The van der Waals surface area contributed by atoms with E-state index < -0.39 is 15.7 Å². The van der Waals surface area contributed by atoms with Crippen molar-refractivity contribution in [2.24, 2.45) is 0 Å². The molecule has 2 unspecified atom stereocenters. The van der Waals surface area contributed by atoms with E-state index in [1.807, 2.05) is 19.9 Å². The molecule has 0 aliphatic carbocycles. The lowest BCUT2D eigenvalue weighted by Gasteiger charge is -2.14. The summed E-state index contributed by atoms with van der Waals surface area (Å²) in [6.45, 7) is 3.80. The van der Waals surface area contributed by atoms with E-state index in [2.05, 4.69) is 5.32 Å². The highest BCUT2D eigenvalue weighted by atomic mass is 32.2. The van der Waals surface area contributed by atoms with Crippen molar-refractivity contribution in [1.82, 2.24) is 0 Å². The second kappa shape index (κ2) is 6.49. The smallest absolute Gasteiger partial charge is 0.271 e. The number of nitrogens with one attached hydrogen (secondary N) is 1. The Labute approximate surface area is 109 Å². The minimum Gasteiger partial charge on any atom is -0.382 e. The fourth-order valence-electron chi connectivity index (χ4n) is 1.65. The van der Waals surface area contributed by atoms with Crippen LogP contribution in [0.3, 0.4) is 0 Å². The fraction of sp³-hybridized carbons (Fsp3) is 0.500. The second-order valence-electron chi connectivity index (χ2n) is 4.43. The van der Waals surface area contributed by atoms with Crippen molar-refractivity contribution in [2.45, 2.75) is 26.3 Å². The summed E-state index contributed by atoms with van der Waals surface area (Å²) in [5.41, 5.74) is 1.66. The lowest BCUT2D eigenvalue weighted by atomic mass is 10.1. The molecule has 0 spiro atoms. The van der Waals surface area contributed by atoms with Gasteiger partial charge in [0.2, 0.25) is 0 Å². The van der Waals surface area contributed by atoms with Gasteiger partial charge in [0, 0.05) is 46.7 Å². The molecule has 100 valence electrons. The molecular weight excluding hydrogens is 252 g/mol. The van der Waals surface area contributed by atoms with Gasteiger partial charge < -0.3 is 5.32 Å². The molecule has 2 atom stereocenters. The summed E-state index contributed by atoms with van der Waals surface area (Å²) >= 11 is 0. The van der Waals surface area contributed by atoms with Gasteiger partial charge in [0.15, 0.2) is 0 Å². The summed E-state index contributed by atoms with van der Waals surface area (Å²) < 4.78 is 11.0. The van der Waals surface area contributed by atoms with Crippen molar-refractivity contribution in [2.75, 3.05) is 17.3 Å². The van der Waals surface area contributed by atoms with Crippen LogP contribution in [-0.4, -0.2) is 27.2 Å². The molecule has 1 aromatic carbocycles. The minimum atomic E-state index is -0.808. The van der Waals surface area contributed by atoms with Crippen molar-refractivity contribution in [3.8, 4) is 0 Å². The number of hydrogen-bond donors (Lipinski definition) is 1. The lowest BCUT2D eigenvalue weighted by Crippen LogP contribution is -2.18. The average Bonchev–Trinajstić information content (AvgIpc) is 2.25. The maximum atomic E-state index is 11.0. The molecule has 0 aliphatic heterocycles. The number of anilines is 1. The van der Waals surface area contributed by atoms with Gasteiger partial charge in [-0.05, 0) is 31.9 Å². The zero-order chi connectivity index (χ0) is 13.7. The number of nitrogens with zero attached hydrogens (tertiary/aromatic N) is 1. The Morgan fingerprint density at radius 3 is 2.67 bits per heavy atom. The first-order chi connectivity index (χ1) is 8.38. The van der Waals surface area contributed by atoms with Gasteiger partial charge in [-0.2, -0.15) is 0 Å². The molecule has 0 heterocycles. The van der Waals surface area contributed by atoms with Crippen molar-refractivity contribution in [3.05, 3.63) is 33.9 Å². The summed E-state index contributed by atoms with van der Waals surface area (Å²) in [7, 11) is -0.808. The highest BCUT2D eigenvalue weighted by molar-refractivity contribution is 7.84. The zero-order valence-corrected chi connectivity index (χ0v) is 11.6. The number of benzene rings is 1. The molecular formula is C12H18N2O3S. The summed E-state index contributed by atoms with van der Waals surface area (Å²) in [6.07, 6.45) is 2.44. The van der Waals surface area contributed by atoms with Gasteiger partial charge in [-0.25, -0.2) is 0 Å². The molecule has 18 heavy (non-hydrogen) atoms. The van der Waals surface area contributed by atoms with Crippen LogP contribution in [0.25, 0.3) is 0 Å². The van der Waals surface area contributed by atoms with Gasteiger partial charge in [-0.1, -0.05) is 0 Å². The van der Waals surface area contributed by atoms with Crippen LogP contribution in [0.4, 0.5) is 11.4 Å². The largest absolute Gasteiger partial charge is 0.382 e. The summed E-state index contributed by atoms with van der Waals surface area (Å²) in [5, 5.41) is 13.9. The highest BCUT2D eigenvalue weighted by Gasteiger charge is 2.10. The normalized spacial score (nSPS) is 13.9. The standard InChI is InChI=1S/C12H18N2O3S/c1-9-6-11(8-12(7-9)14(15)16)13-10(2)4-5-18(3)17/h6-8,10,13H,4-5H2,1-3H3. The minimum absolute atomic E-state index is 0.0868. The molecule has 1 aromatic rings. The van der Waals surface area contributed by atoms with Crippen molar-refractivity contribution < 1.29 is 9.13 Å². The SMILES string of the molecule is Cc1cc(NC(C)CCS(C)=O)cc([N+](=O)[O-])c1. The summed E-state index contributed by atoms with van der Waals surface area (Å²) in [5.74, 6) is 0.627. The fourth-order valence-corrected chi connectivity index (χ4v) is 2.34. The maximum Gasteiger partial charge on any atom is 0.271 e. The Kier molecular flexibility index (Phi) is 5.27. The number of aryl methyl sites for hydroxylation is 1. The Morgan fingerprint density at radius 2 is 2.11 bits per heavy atom. The predicted molar refractivity (Wildman–Crippen MR) is 74.5 cm³/mol. The van der Waals surface area contributed by atoms with Gasteiger partial charge in [0.05, 0.1) is 4.92 Å².